The van der Waals surface area contributed by atoms with Gasteiger partial charge >= 0.3 is 5.97 Å². The van der Waals surface area contributed by atoms with Gasteiger partial charge in [0.25, 0.3) is 0 Å². The van der Waals surface area contributed by atoms with Crippen molar-refractivity contribution in [2.45, 2.75) is 57.2 Å². The first kappa shape index (κ1) is 14.3. The zero-order valence-corrected chi connectivity index (χ0v) is 12.1. The minimum atomic E-state index is -0.336. The molecule has 5 heteroatoms. The van der Waals surface area contributed by atoms with Gasteiger partial charge in [-0.05, 0) is 19.8 Å². The molecule has 0 spiro atoms. The highest BCUT2D eigenvalue weighted by atomic mass is 16.5. The molecule has 2 fully saturated rings. The number of piperazine rings is 1. The van der Waals surface area contributed by atoms with Crippen molar-refractivity contribution in [3.8, 4) is 0 Å². The summed E-state index contributed by atoms with van der Waals surface area (Å²) in [5, 5.41) is 0. The van der Waals surface area contributed by atoms with Crippen LogP contribution in [-0.2, 0) is 14.3 Å². The summed E-state index contributed by atoms with van der Waals surface area (Å²) in [5.74, 6) is -0.250. The van der Waals surface area contributed by atoms with Gasteiger partial charge in [0.1, 0.15) is 6.04 Å². The highest BCUT2D eigenvalue weighted by molar-refractivity contribution is 5.87. The summed E-state index contributed by atoms with van der Waals surface area (Å²) in [6.45, 7) is 2.92. The van der Waals surface area contributed by atoms with Gasteiger partial charge in [-0.3, -0.25) is 14.5 Å². The maximum atomic E-state index is 12.4. The molecule has 2 aliphatic rings. The third-order valence-corrected chi connectivity index (χ3v) is 4.55. The van der Waals surface area contributed by atoms with Crippen LogP contribution in [0.3, 0.4) is 0 Å². The first-order valence-corrected chi connectivity index (χ1v) is 7.13. The number of hydrogen-bond acceptors (Lipinski definition) is 4. The number of ether oxygens (including phenoxy) is 1. The standard InChI is InChI=1S/C14H24N2O3/c1-10-9-16(11-6-4-5-7-11)12(8-13(17)19-3)14(18)15(10)2/h10-12H,4-9H2,1-3H3. The molecule has 1 saturated carbocycles. The Hall–Kier alpha value is -1.10. The Morgan fingerprint density at radius 3 is 2.58 bits per heavy atom. The van der Waals surface area contributed by atoms with E-state index in [1.54, 1.807) is 4.90 Å². The zero-order valence-electron chi connectivity index (χ0n) is 12.1. The topological polar surface area (TPSA) is 49.9 Å². The molecule has 1 aliphatic heterocycles. The molecular formula is C14H24N2O3. The summed E-state index contributed by atoms with van der Waals surface area (Å²) in [6.07, 6.45) is 4.90. The Morgan fingerprint density at radius 1 is 1.37 bits per heavy atom. The van der Waals surface area contributed by atoms with Crippen LogP contribution in [-0.4, -0.2) is 60.5 Å². The fourth-order valence-electron chi connectivity index (χ4n) is 3.23. The number of methoxy groups -OCH3 is 1. The second kappa shape index (κ2) is 5.90. The second-order valence-electron chi connectivity index (χ2n) is 5.73. The smallest absolute Gasteiger partial charge is 0.307 e. The number of esters is 1. The summed E-state index contributed by atoms with van der Waals surface area (Å²) in [5.41, 5.74) is 0. The van der Waals surface area contributed by atoms with Crippen molar-refractivity contribution in [2.24, 2.45) is 0 Å². The Bertz CT molecular complexity index is 353. The molecule has 0 bridgehead atoms. The van der Waals surface area contributed by atoms with E-state index in [1.165, 1.54) is 20.0 Å². The van der Waals surface area contributed by atoms with Crippen molar-refractivity contribution in [3.05, 3.63) is 0 Å². The minimum Gasteiger partial charge on any atom is -0.469 e. The fraction of sp³-hybridized carbons (Fsp3) is 0.857. The third kappa shape index (κ3) is 2.91. The van der Waals surface area contributed by atoms with Crippen LogP contribution in [0.25, 0.3) is 0 Å². The Morgan fingerprint density at radius 2 is 2.00 bits per heavy atom. The van der Waals surface area contributed by atoms with Crippen LogP contribution in [0.1, 0.15) is 39.0 Å². The molecule has 2 rings (SSSR count). The summed E-state index contributed by atoms with van der Waals surface area (Å²) in [4.78, 5) is 28.0. The van der Waals surface area contributed by atoms with E-state index in [9.17, 15) is 9.59 Å². The van der Waals surface area contributed by atoms with Gasteiger partial charge < -0.3 is 9.64 Å². The van der Waals surface area contributed by atoms with E-state index in [0.717, 1.165) is 19.4 Å². The van der Waals surface area contributed by atoms with E-state index in [4.69, 9.17) is 4.74 Å². The summed E-state index contributed by atoms with van der Waals surface area (Å²) >= 11 is 0. The van der Waals surface area contributed by atoms with Crippen LogP contribution < -0.4 is 0 Å². The number of likely N-dealkylation sites (N-methyl/N-ethyl adjacent to an activating group) is 1. The molecule has 5 nitrogen and oxygen atoms in total. The molecule has 0 aromatic carbocycles. The van der Waals surface area contributed by atoms with Gasteiger partial charge in [0.15, 0.2) is 0 Å². The van der Waals surface area contributed by atoms with Crippen molar-refractivity contribution in [2.75, 3.05) is 20.7 Å². The predicted octanol–water partition coefficient (Wildman–Crippen LogP) is 1.02. The molecule has 0 radical (unpaired) electrons. The number of carbonyl (C=O) groups excluding carboxylic acids is 2. The maximum absolute atomic E-state index is 12.4. The lowest BCUT2D eigenvalue weighted by atomic mass is 10.0. The lowest BCUT2D eigenvalue weighted by Crippen LogP contribution is -2.62. The Labute approximate surface area is 114 Å². The van der Waals surface area contributed by atoms with Crippen LogP contribution in [0.2, 0.25) is 0 Å². The zero-order chi connectivity index (χ0) is 14.0. The van der Waals surface area contributed by atoms with Crippen LogP contribution in [0.5, 0.6) is 0 Å². The predicted molar refractivity (Wildman–Crippen MR) is 71.6 cm³/mol. The molecule has 0 N–H and O–H groups in total. The van der Waals surface area contributed by atoms with E-state index >= 15 is 0 Å². The molecule has 2 atom stereocenters. The molecule has 1 amide bonds. The normalized spacial score (nSPS) is 29.8. The first-order valence-electron chi connectivity index (χ1n) is 7.13. The van der Waals surface area contributed by atoms with Crippen molar-refractivity contribution >= 4 is 11.9 Å². The number of nitrogens with zero attached hydrogens (tertiary/aromatic N) is 2. The van der Waals surface area contributed by atoms with E-state index in [1.807, 2.05) is 7.05 Å². The molecule has 0 aromatic heterocycles. The molecule has 2 unspecified atom stereocenters. The Kier molecular flexibility index (Phi) is 4.45. The van der Waals surface area contributed by atoms with Gasteiger partial charge in [-0.15, -0.1) is 0 Å². The average Bonchev–Trinajstić information content (AvgIpc) is 2.92. The van der Waals surface area contributed by atoms with Gasteiger partial charge in [-0.1, -0.05) is 12.8 Å². The van der Waals surface area contributed by atoms with Crippen molar-refractivity contribution < 1.29 is 14.3 Å². The van der Waals surface area contributed by atoms with Crippen LogP contribution in [0, 0.1) is 0 Å². The van der Waals surface area contributed by atoms with Gasteiger partial charge in [0.05, 0.1) is 13.5 Å². The molecule has 19 heavy (non-hydrogen) atoms. The monoisotopic (exact) mass is 268 g/mol. The largest absolute Gasteiger partial charge is 0.469 e. The number of hydrogen-bond donors (Lipinski definition) is 0. The molecule has 0 aromatic rings. The lowest BCUT2D eigenvalue weighted by molar-refractivity contribution is -0.153. The van der Waals surface area contributed by atoms with Crippen LogP contribution >= 0.6 is 0 Å². The van der Waals surface area contributed by atoms with E-state index in [2.05, 4.69) is 11.8 Å². The van der Waals surface area contributed by atoms with Crippen molar-refractivity contribution in [1.29, 1.82) is 0 Å². The number of amides is 1. The summed E-state index contributed by atoms with van der Waals surface area (Å²) in [6, 6.07) is 0.327. The molecule has 1 aliphatic carbocycles. The van der Waals surface area contributed by atoms with Gasteiger partial charge in [-0.2, -0.15) is 0 Å². The van der Waals surface area contributed by atoms with E-state index < -0.39 is 0 Å². The molecular weight excluding hydrogens is 244 g/mol. The SMILES string of the molecule is COC(=O)CC1C(=O)N(C)C(C)CN1C1CCCC1. The molecule has 1 saturated heterocycles. The fourth-order valence-corrected chi connectivity index (χ4v) is 3.23. The van der Waals surface area contributed by atoms with E-state index in [0.29, 0.717) is 6.04 Å². The van der Waals surface area contributed by atoms with Crippen molar-refractivity contribution in [1.82, 2.24) is 9.80 Å². The molecule has 1 heterocycles. The highest BCUT2D eigenvalue weighted by Gasteiger charge is 2.41. The Balaban J connectivity index is 2.15. The van der Waals surface area contributed by atoms with E-state index in [-0.39, 0.29) is 30.4 Å². The minimum absolute atomic E-state index is 0.0519. The summed E-state index contributed by atoms with van der Waals surface area (Å²) in [7, 11) is 3.20. The lowest BCUT2D eigenvalue weighted by Gasteiger charge is -2.45. The number of rotatable bonds is 3. The molecule has 108 valence electrons. The third-order valence-electron chi connectivity index (χ3n) is 4.55. The quantitative estimate of drug-likeness (QED) is 0.717. The number of carbonyl (C=O) groups is 2. The average molecular weight is 268 g/mol. The first-order chi connectivity index (χ1) is 9.04. The maximum Gasteiger partial charge on any atom is 0.307 e. The van der Waals surface area contributed by atoms with Crippen LogP contribution in [0.4, 0.5) is 0 Å². The van der Waals surface area contributed by atoms with Crippen molar-refractivity contribution in [3.63, 3.8) is 0 Å². The van der Waals surface area contributed by atoms with Crippen LogP contribution in [0.15, 0.2) is 0 Å². The van der Waals surface area contributed by atoms with Gasteiger partial charge in [0.2, 0.25) is 5.91 Å². The van der Waals surface area contributed by atoms with Gasteiger partial charge in [0, 0.05) is 25.7 Å². The highest BCUT2D eigenvalue weighted by Crippen LogP contribution is 2.29. The second-order valence-corrected chi connectivity index (χ2v) is 5.73. The summed E-state index contributed by atoms with van der Waals surface area (Å²) < 4.78 is 4.74. The van der Waals surface area contributed by atoms with Gasteiger partial charge in [-0.25, -0.2) is 0 Å².